The molecule has 76 valence electrons. The number of hydrogen-bond acceptors (Lipinski definition) is 4. The first kappa shape index (κ1) is 9.92. The normalized spacial score (nSPS) is 9.93. The first-order valence-electron chi connectivity index (χ1n) is 4.26. The van der Waals surface area contributed by atoms with Crippen LogP contribution in [-0.2, 0) is 0 Å². The molecule has 1 heterocycles. The van der Waals surface area contributed by atoms with Crippen LogP contribution in [0.5, 0.6) is 11.8 Å². The molecule has 5 heteroatoms. The molecule has 0 fully saturated rings. The van der Waals surface area contributed by atoms with E-state index in [1.165, 1.54) is 0 Å². The summed E-state index contributed by atoms with van der Waals surface area (Å²) in [6.07, 6.45) is 1.55. The van der Waals surface area contributed by atoms with Crippen molar-refractivity contribution in [2.75, 3.05) is 5.73 Å². The highest BCUT2D eigenvalue weighted by atomic mass is 79.9. The lowest BCUT2D eigenvalue weighted by Gasteiger charge is -2.03. The summed E-state index contributed by atoms with van der Waals surface area (Å²) in [5.74, 6) is 1.06. The van der Waals surface area contributed by atoms with Gasteiger partial charge in [-0.15, -0.1) is 0 Å². The Morgan fingerprint density at radius 1 is 1.13 bits per heavy atom. The third kappa shape index (κ3) is 2.66. The van der Waals surface area contributed by atoms with E-state index in [0.717, 1.165) is 4.47 Å². The van der Waals surface area contributed by atoms with Gasteiger partial charge in [0.1, 0.15) is 11.6 Å². The molecule has 2 rings (SSSR count). The molecule has 0 saturated heterocycles. The minimum atomic E-state index is 0.248. The molecule has 15 heavy (non-hydrogen) atoms. The topological polar surface area (TPSA) is 61.0 Å². The van der Waals surface area contributed by atoms with E-state index in [1.54, 1.807) is 12.3 Å². The van der Waals surface area contributed by atoms with Crippen molar-refractivity contribution < 1.29 is 4.74 Å². The molecule has 4 nitrogen and oxygen atoms in total. The number of aromatic nitrogens is 2. The maximum absolute atomic E-state index is 5.50. The van der Waals surface area contributed by atoms with Gasteiger partial charge < -0.3 is 10.5 Å². The largest absolute Gasteiger partial charge is 0.424 e. The lowest BCUT2D eigenvalue weighted by molar-refractivity contribution is 0.442. The van der Waals surface area contributed by atoms with Crippen LogP contribution in [0.2, 0.25) is 0 Å². The fourth-order valence-electron chi connectivity index (χ4n) is 1.01. The fourth-order valence-corrected chi connectivity index (χ4v) is 1.28. The summed E-state index contributed by atoms with van der Waals surface area (Å²) >= 11 is 3.34. The quantitative estimate of drug-likeness (QED) is 0.907. The van der Waals surface area contributed by atoms with Crippen molar-refractivity contribution in [1.29, 1.82) is 0 Å². The van der Waals surface area contributed by atoms with Crippen molar-refractivity contribution in [1.82, 2.24) is 9.97 Å². The van der Waals surface area contributed by atoms with Crippen molar-refractivity contribution >= 4 is 21.7 Å². The molecule has 2 aromatic rings. The molecule has 0 atom stereocenters. The number of halogens is 1. The maximum atomic E-state index is 5.50. The zero-order valence-corrected chi connectivity index (χ0v) is 9.31. The maximum Gasteiger partial charge on any atom is 0.323 e. The highest BCUT2D eigenvalue weighted by molar-refractivity contribution is 9.10. The van der Waals surface area contributed by atoms with E-state index in [2.05, 4.69) is 25.9 Å². The number of nitrogens with zero attached hydrogens (tertiary/aromatic N) is 2. The van der Waals surface area contributed by atoms with Gasteiger partial charge in [0.2, 0.25) is 0 Å². The second kappa shape index (κ2) is 4.27. The van der Waals surface area contributed by atoms with E-state index in [4.69, 9.17) is 10.5 Å². The lowest BCUT2D eigenvalue weighted by Crippen LogP contribution is -1.95. The zero-order chi connectivity index (χ0) is 10.7. The van der Waals surface area contributed by atoms with Crippen LogP contribution in [0.4, 0.5) is 5.82 Å². The second-order valence-electron chi connectivity index (χ2n) is 2.82. The summed E-state index contributed by atoms with van der Waals surface area (Å²) in [6, 6.07) is 9.24. The molecule has 0 amide bonds. The summed E-state index contributed by atoms with van der Waals surface area (Å²) in [7, 11) is 0. The van der Waals surface area contributed by atoms with Gasteiger partial charge in [0.05, 0.1) is 0 Å². The molecular weight excluding hydrogens is 258 g/mol. The van der Waals surface area contributed by atoms with Crippen LogP contribution in [-0.4, -0.2) is 9.97 Å². The molecule has 0 aliphatic heterocycles. The number of anilines is 1. The molecule has 1 aromatic carbocycles. The Labute approximate surface area is 95.2 Å². The summed E-state index contributed by atoms with van der Waals surface area (Å²) in [6.45, 7) is 0. The summed E-state index contributed by atoms with van der Waals surface area (Å²) in [5, 5.41) is 0. The first-order valence-corrected chi connectivity index (χ1v) is 5.05. The fraction of sp³-hybridized carbons (Fsp3) is 0. The van der Waals surface area contributed by atoms with Gasteiger partial charge in [0, 0.05) is 10.7 Å². The van der Waals surface area contributed by atoms with Crippen molar-refractivity contribution in [3.63, 3.8) is 0 Å². The predicted molar refractivity (Wildman–Crippen MR) is 60.7 cm³/mol. The number of nitrogens with two attached hydrogens (primary N) is 1. The average molecular weight is 266 g/mol. The van der Waals surface area contributed by atoms with E-state index in [9.17, 15) is 0 Å². The van der Waals surface area contributed by atoms with E-state index >= 15 is 0 Å². The van der Waals surface area contributed by atoms with Gasteiger partial charge in [-0.3, -0.25) is 0 Å². The number of ether oxygens (including phenoxy) is 1. The number of nitrogen functional groups attached to an aromatic ring is 1. The van der Waals surface area contributed by atoms with Crippen LogP contribution in [0.25, 0.3) is 0 Å². The third-order valence-electron chi connectivity index (χ3n) is 1.68. The van der Waals surface area contributed by atoms with Crippen molar-refractivity contribution in [3.05, 3.63) is 41.0 Å². The molecule has 1 aromatic heterocycles. The third-order valence-corrected chi connectivity index (χ3v) is 2.21. The van der Waals surface area contributed by atoms with Gasteiger partial charge in [0.25, 0.3) is 0 Å². The molecule has 2 N–H and O–H groups in total. The predicted octanol–water partition coefficient (Wildman–Crippen LogP) is 2.61. The molecule has 0 radical (unpaired) electrons. The van der Waals surface area contributed by atoms with Crippen LogP contribution < -0.4 is 10.5 Å². The summed E-state index contributed by atoms with van der Waals surface area (Å²) in [4.78, 5) is 7.86. The SMILES string of the molecule is Nc1ccnc(Oc2ccc(Br)cc2)n1. The Hall–Kier alpha value is -1.62. The summed E-state index contributed by atoms with van der Waals surface area (Å²) < 4.78 is 6.38. The zero-order valence-electron chi connectivity index (χ0n) is 7.72. The Morgan fingerprint density at radius 3 is 2.53 bits per heavy atom. The molecule has 0 unspecified atom stereocenters. The van der Waals surface area contributed by atoms with Gasteiger partial charge in [-0.25, -0.2) is 4.98 Å². The highest BCUT2D eigenvalue weighted by Crippen LogP contribution is 2.20. The lowest BCUT2D eigenvalue weighted by atomic mass is 10.3. The Morgan fingerprint density at radius 2 is 1.87 bits per heavy atom. The van der Waals surface area contributed by atoms with E-state index in [0.29, 0.717) is 11.6 Å². The Kier molecular flexibility index (Phi) is 2.82. The Bertz CT molecular complexity index is 458. The van der Waals surface area contributed by atoms with E-state index in [-0.39, 0.29) is 6.01 Å². The van der Waals surface area contributed by atoms with Crippen LogP contribution in [0, 0.1) is 0 Å². The van der Waals surface area contributed by atoms with E-state index < -0.39 is 0 Å². The first-order chi connectivity index (χ1) is 7.24. The molecular formula is C10H8BrN3O. The van der Waals surface area contributed by atoms with Crippen molar-refractivity contribution in [2.45, 2.75) is 0 Å². The summed E-state index contributed by atoms with van der Waals surface area (Å²) in [5.41, 5.74) is 5.50. The minimum absolute atomic E-state index is 0.248. The van der Waals surface area contributed by atoms with Gasteiger partial charge in [0.15, 0.2) is 0 Å². The highest BCUT2D eigenvalue weighted by Gasteiger charge is 1.99. The standard InChI is InChI=1S/C10H8BrN3O/c11-7-1-3-8(4-2-7)15-10-13-6-5-9(12)14-10/h1-6H,(H2,12,13,14). The van der Waals surface area contributed by atoms with Crippen LogP contribution in [0.15, 0.2) is 41.0 Å². The number of hydrogen-bond donors (Lipinski definition) is 1. The van der Waals surface area contributed by atoms with Gasteiger partial charge >= 0.3 is 6.01 Å². The molecule has 0 aliphatic rings. The number of benzene rings is 1. The van der Waals surface area contributed by atoms with Crippen LogP contribution in [0.1, 0.15) is 0 Å². The molecule has 0 bridgehead atoms. The number of rotatable bonds is 2. The molecule has 0 saturated carbocycles. The van der Waals surface area contributed by atoms with Crippen LogP contribution in [0.3, 0.4) is 0 Å². The smallest absolute Gasteiger partial charge is 0.323 e. The van der Waals surface area contributed by atoms with Crippen LogP contribution >= 0.6 is 15.9 Å². The minimum Gasteiger partial charge on any atom is -0.424 e. The molecule has 0 spiro atoms. The Balaban J connectivity index is 2.18. The monoisotopic (exact) mass is 265 g/mol. The van der Waals surface area contributed by atoms with E-state index in [1.807, 2.05) is 24.3 Å². The molecule has 0 aliphatic carbocycles. The van der Waals surface area contributed by atoms with Gasteiger partial charge in [-0.1, -0.05) is 15.9 Å². The van der Waals surface area contributed by atoms with Gasteiger partial charge in [-0.2, -0.15) is 4.98 Å². The van der Waals surface area contributed by atoms with Gasteiger partial charge in [-0.05, 0) is 30.3 Å². The average Bonchev–Trinajstić information content (AvgIpc) is 2.22. The second-order valence-corrected chi connectivity index (χ2v) is 3.74. The van der Waals surface area contributed by atoms with Crippen molar-refractivity contribution in [2.24, 2.45) is 0 Å². The van der Waals surface area contributed by atoms with Crippen molar-refractivity contribution in [3.8, 4) is 11.8 Å².